The van der Waals surface area contributed by atoms with Crippen molar-refractivity contribution in [3.63, 3.8) is 0 Å². The van der Waals surface area contributed by atoms with E-state index in [0.29, 0.717) is 0 Å². The monoisotopic (exact) mass is 440 g/mol. The Morgan fingerprint density at radius 3 is 1.20 bits per heavy atom. The molecular weight excluding hydrogens is 442 g/mol. The van der Waals surface area contributed by atoms with E-state index in [1.54, 1.807) is 0 Å². The minimum Gasteiger partial charge on any atom is -0.0859 e. The lowest BCUT2D eigenvalue weighted by Gasteiger charge is -1.89. The van der Waals surface area contributed by atoms with Crippen LogP contribution < -0.4 is 0 Å². The molecule has 0 heterocycles. The minimum atomic E-state index is -1.05. The average molecular weight is 442 g/mol. The highest BCUT2D eigenvalue weighted by atomic mass is 127. The fourth-order valence-corrected chi connectivity index (χ4v) is 0. The van der Waals surface area contributed by atoms with Gasteiger partial charge in [0.05, 0.1) is 0 Å². The Labute approximate surface area is 73.1 Å². The van der Waals surface area contributed by atoms with Crippen LogP contribution >= 0.6 is 74.2 Å². The van der Waals surface area contributed by atoms with E-state index in [9.17, 15) is 0 Å². The second kappa shape index (κ2) is 2.83. The van der Waals surface area contributed by atoms with E-state index in [1.807, 2.05) is 0 Å². The van der Waals surface area contributed by atoms with Crippen LogP contribution in [0.4, 0.5) is 0 Å². The number of hydrogen-bond donors (Lipinski definition) is 0. The summed E-state index contributed by atoms with van der Waals surface area (Å²) in [5.41, 5.74) is 0. The largest absolute Gasteiger partial charge is 0.326 e. The molecule has 5 heavy (non-hydrogen) atoms. The first-order chi connectivity index (χ1) is 2.00. The zero-order valence-corrected chi connectivity index (χ0v) is 10.5. The maximum Gasteiger partial charge on any atom is 0.326 e. The van der Waals surface area contributed by atoms with Gasteiger partial charge in [0, 0.05) is 0 Å². The van der Waals surface area contributed by atoms with Crippen molar-refractivity contribution in [2.24, 2.45) is 0 Å². The first-order valence-corrected chi connectivity index (χ1v) is 13.5. The zero-order valence-electron chi connectivity index (χ0n) is 2.01. The third kappa shape index (κ3) is 20.5. The minimum absolute atomic E-state index is 1.05. The zero-order chi connectivity index (χ0) is 4.50. The molecule has 5 heteroatoms. The molecule has 0 fully saturated rings. The summed E-state index contributed by atoms with van der Waals surface area (Å²) < 4.78 is -1.05. The van der Waals surface area contributed by atoms with Gasteiger partial charge in [-0.15, -0.1) is 0 Å². The van der Waals surface area contributed by atoms with Crippen LogP contribution in [0.25, 0.3) is 0 Å². The van der Waals surface area contributed by atoms with Crippen molar-refractivity contribution in [3.05, 3.63) is 0 Å². The van der Waals surface area contributed by atoms with Gasteiger partial charge in [0.1, 0.15) is 0 Å². The molecule has 0 radical (unpaired) electrons. The summed E-state index contributed by atoms with van der Waals surface area (Å²) in [5.74, 6) is 0. The quantitative estimate of drug-likeness (QED) is 0.308. The maximum atomic E-state index is 3.40. The van der Waals surface area contributed by atoms with E-state index in [1.165, 1.54) is 0 Å². The normalized spacial score (nSPS) is 12.0. The van der Waals surface area contributed by atoms with Crippen LogP contribution in [0.2, 0.25) is 0 Å². The Morgan fingerprint density at radius 1 is 1.20 bits per heavy atom. The predicted molar refractivity (Wildman–Crippen MR) is 51.6 cm³/mol. The smallest absolute Gasteiger partial charge is 0.0859 e. The fraction of sp³-hybridized carbons (Fsp3) is 0. The summed E-state index contributed by atoms with van der Waals surface area (Å²) in [6.07, 6.45) is 0. The highest BCUT2D eigenvalue weighted by Crippen LogP contribution is 2.34. The molecule has 0 atom stereocenters. The van der Waals surface area contributed by atoms with Gasteiger partial charge in [-0.1, -0.05) is 74.2 Å². The summed E-state index contributed by atoms with van der Waals surface area (Å²) in [6, 6.07) is 0. The lowest BCUT2D eigenvalue weighted by atomic mass is 28.0. The van der Waals surface area contributed by atoms with Gasteiger partial charge in [-0.3, -0.25) is 0 Å². The summed E-state index contributed by atoms with van der Waals surface area (Å²) >= 11 is 11.5. The van der Waals surface area contributed by atoms with E-state index in [0.717, 1.165) is 0 Å². The fourth-order valence-electron chi connectivity index (χ4n) is 0. The molecule has 0 spiro atoms. The Bertz CT molecular complexity index is 23.1. The first-order valence-electron chi connectivity index (χ1n) is 0.756. The average Bonchev–Trinajstić information content (AvgIpc) is 0.722. The SMILES string of the molecule is Br[Si](Br)(I)I. The van der Waals surface area contributed by atoms with Crippen LogP contribution in [0.5, 0.6) is 0 Å². The topological polar surface area (TPSA) is 0 Å². The lowest BCUT2D eigenvalue weighted by molar-refractivity contribution is 5.02. The summed E-state index contributed by atoms with van der Waals surface area (Å²) in [6.45, 7) is 0. The van der Waals surface area contributed by atoms with Gasteiger partial charge in [0.25, 0.3) is 0 Å². The molecule has 0 saturated heterocycles. The van der Waals surface area contributed by atoms with Crippen LogP contribution in [-0.2, 0) is 0 Å². The maximum absolute atomic E-state index is 3.40. The molecule has 0 saturated carbocycles. The van der Waals surface area contributed by atoms with E-state index in [-0.39, 0.29) is 0 Å². The van der Waals surface area contributed by atoms with Crippen molar-refractivity contribution in [1.29, 1.82) is 0 Å². The molecule has 0 N–H and O–H groups in total. The number of halogens is 4. The standard InChI is InChI=1S/Br2I2Si/c1-5(2,3)4. The molecule has 0 aromatic rings. The molecule has 0 amide bonds. The van der Waals surface area contributed by atoms with Crippen molar-refractivity contribution in [1.82, 2.24) is 0 Å². The van der Waals surface area contributed by atoms with E-state index in [2.05, 4.69) is 74.2 Å². The van der Waals surface area contributed by atoms with Crippen molar-refractivity contribution < 1.29 is 0 Å². The Kier molecular flexibility index (Phi) is 4.32. The molecule has 0 aliphatic carbocycles. The third-order valence-corrected chi connectivity index (χ3v) is 0. The molecule has 0 rings (SSSR count). The van der Waals surface area contributed by atoms with Gasteiger partial charge in [-0.25, -0.2) is 0 Å². The van der Waals surface area contributed by atoms with Gasteiger partial charge in [0.2, 0.25) is 0 Å². The van der Waals surface area contributed by atoms with Crippen molar-refractivity contribution in [2.75, 3.05) is 0 Å². The molecule has 0 aromatic carbocycles. The second-order valence-corrected chi connectivity index (χ2v) is 45.3. The molecule has 0 nitrogen and oxygen atoms in total. The first kappa shape index (κ1) is 7.64. The van der Waals surface area contributed by atoms with Gasteiger partial charge in [-0.2, -0.15) is 0 Å². The molecule has 0 unspecified atom stereocenters. The second-order valence-electron chi connectivity index (χ2n) is 0.429. The molecular formula is Br2I2Si. The highest BCUT2D eigenvalue weighted by molar-refractivity contribution is 14.3. The molecule has 32 valence electrons. The summed E-state index contributed by atoms with van der Waals surface area (Å²) in [5, 5.41) is 0. The van der Waals surface area contributed by atoms with Crippen molar-refractivity contribution >= 4 is 74.5 Å². The van der Waals surface area contributed by atoms with Gasteiger partial charge >= 0.3 is 0.306 Å². The Balaban J connectivity index is 3.02. The van der Waals surface area contributed by atoms with Crippen LogP contribution in [0.3, 0.4) is 0 Å². The summed E-state index contributed by atoms with van der Waals surface area (Å²) in [4.78, 5) is 0. The van der Waals surface area contributed by atoms with Crippen LogP contribution in [0.15, 0.2) is 0 Å². The van der Waals surface area contributed by atoms with Crippen LogP contribution in [0, 0.1) is 0 Å². The molecule has 0 aliphatic rings. The highest BCUT2D eigenvalue weighted by Gasteiger charge is 2.13. The van der Waals surface area contributed by atoms with Gasteiger partial charge < -0.3 is 0 Å². The third-order valence-electron chi connectivity index (χ3n) is 0. The van der Waals surface area contributed by atoms with Crippen molar-refractivity contribution in [2.45, 2.75) is 0 Å². The van der Waals surface area contributed by atoms with E-state index >= 15 is 0 Å². The Morgan fingerprint density at radius 2 is 1.20 bits per heavy atom. The van der Waals surface area contributed by atoms with Gasteiger partial charge in [-0.05, 0) is 0 Å². The van der Waals surface area contributed by atoms with Gasteiger partial charge in [0.15, 0.2) is 0 Å². The van der Waals surface area contributed by atoms with Crippen molar-refractivity contribution in [3.8, 4) is 0 Å². The van der Waals surface area contributed by atoms with Crippen LogP contribution in [-0.4, -0.2) is 0.306 Å². The molecule has 0 bridgehead atoms. The Hall–Kier alpha value is 2.64. The number of rotatable bonds is 0. The van der Waals surface area contributed by atoms with E-state index < -0.39 is 0.306 Å². The number of hydrogen-bond acceptors (Lipinski definition) is 0. The summed E-state index contributed by atoms with van der Waals surface area (Å²) in [7, 11) is 0. The predicted octanol–water partition coefficient (Wildman–Crippen LogP) is 3.08. The molecule has 0 aromatic heterocycles. The lowest BCUT2D eigenvalue weighted by Crippen LogP contribution is -1.85. The molecule has 0 aliphatic heterocycles. The van der Waals surface area contributed by atoms with E-state index in [4.69, 9.17) is 0 Å². The van der Waals surface area contributed by atoms with Crippen LogP contribution in [0.1, 0.15) is 0 Å².